The maximum Gasteiger partial charge on any atom is 0.515 e. The van der Waals surface area contributed by atoms with Crippen molar-refractivity contribution in [2.75, 3.05) is 19.8 Å². The Morgan fingerprint density at radius 3 is 2.40 bits per heavy atom. The van der Waals surface area contributed by atoms with Gasteiger partial charge in [-0.1, -0.05) is 11.6 Å². The summed E-state index contributed by atoms with van der Waals surface area (Å²) in [4.78, 5) is 39.5. The van der Waals surface area contributed by atoms with Crippen molar-refractivity contribution in [3.8, 4) is 5.88 Å². The van der Waals surface area contributed by atoms with E-state index < -0.39 is 34.1 Å². The van der Waals surface area contributed by atoms with Crippen molar-refractivity contribution in [2.45, 2.75) is 38.2 Å². The Kier molecular flexibility index (Phi) is 10.4. The number of sulfonamides is 1. The predicted molar refractivity (Wildman–Crippen MR) is 126 cm³/mol. The molecule has 2 aromatic rings. The van der Waals surface area contributed by atoms with Crippen molar-refractivity contribution in [3.63, 3.8) is 0 Å². The van der Waals surface area contributed by atoms with Crippen molar-refractivity contribution in [1.82, 2.24) is 15.0 Å². The zero-order chi connectivity index (χ0) is 26.0. The highest BCUT2D eigenvalue weighted by Crippen LogP contribution is 2.23. The van der Waals surface area contributed by atoms with Gasteiger partial charge in [0.2, 0.25) is 5.88 Å². The standard InChI is InChI=1S/C22H26ClN3O8S/c1-4-32-11-5-10-24-20(27)15-6-8-18(17(23)12-15)35(30,31)26-21(28)16-7-9-19(25-13-16)34-22(29)33-14(2)3/h6-9,12-14H,4-5,10-11H2,1-3H3,(H,24,27)(H,26,28). The molecule has 13 heteroatoms. The highest BCUT2D eigenvalue weighted by molar-refractivity contribution is 7.90. The van der Waals surface area contributed by atoms with E-state index in [4.69, 9.17) is 25.8 Å². The summed E-state index contributed by atoms with van der Waals surface area (Å²) in [5, 5.41) is 2.44. The molecule has 2 rings (SSSR count). The van der Waals surface area contributed by atoms with Gasteiger partial charge >= 0.3 is 6.16 Å². The first kappa shape index (κ1) is 28.0. The number of carbonyl (C=O) groups is 3. The molecule has 0 spiro atoms. The molecule has 1 aromatic heterocycles. The van der Waals surface area contributed by atoms with Crippen molar-refractivity contribution in [2.24, 2.45) is 0 Å². The van der Waals surface area contributed by atoms with Gasteiger partial charge < -0.3 is 19.5 Å². The van der Waals surface area contributed by atoms with Crippen molar-refractivity contribution in [1.29, 1.82) is 0 Å². The van der Waals surface area contributed by atoms with Crippen LogP contribution in [0, 0.1) is 0 Å². The highest BCUT2D eigenvalue weighted by atomic mass is 35.5. The third-order valence-corrected chi connectivity index (χ3v) is 6.00. The number of ether oxygens (including phenoxy) is 3. The minimum Gasteiger partial charge on any atom is -0.431 e. The Labute approximate surface area is 208 Å². The third kappa shape index (κ3) is 8.81. The number of nitrogens with zero attached hydrogens (tertiary/aromatic N) is 1. The summed E-state index contributed by atoms with van der Waals surface area (Å²) < 4.78 is 42.1. The van der Waals surface area contributed by atoms with Crippen molar-refractivity contribution in [3.05, 3.63) is 52.7 Å². The molecular weight excluding hydrogens is 502 g/mol. The van der Waals surface area contributed by atoms with Crippen LogP contribution in [0.5, 0.6) is 5.88 Å². The van der Waals surface area contributed by atoms with E-state index in [1.165, 1.54) is 24.3 Å². The average molecular weight is 528 g/mol. The van der Waals surface area contributed by atoms with Gasteiger partial charge in [0.05, 0.1) is 16.7 Å². The third-order valence-electron chi connectivity index (χ3n) is 4.18. The molecular formula is C22H26ClN3O8S. The molecule has 0 bridgehead atoms. The Balaban J connectivity index is 2.02. The molecule has 2 amide bonds. The summed E-state index contributed by atoms with van der Waals surface area (Å²) >= 11 is 6.09. The van der Waals surface area contributed by atoms with Crippen LogP contribution in [-0.2, 0) is 19.5 Å². The van der Waals surface area contributed by atoms with Gasteiger partial charge in [-0.25, -0.2) is 22.9 Å². The van der Waals surface area contributed by atoms with Crippen LogP contribution in [0.25, 0.3) is 0 Å². The lowest BCUT2D eigenvalue weighted by Gasteiger charge is -2.11. The van der Waals surface area contributed by atoms with E-state index >= 15 is 0 Å². The van der Waals surface area contributed by atoms with E-state index in [2.05, 4.69) is 10.3 Å². The molecule has 1 aromatic carbocycles. The normalized spacial score (nSPS) is 11.1. The molecule has 2 N–H and O–H groups in total. The maximum absolute atomic E-state index is 12.7. The zero-order valence-electron chi connectivity index (χ0n) is 19.4. The number of hydrogen-bond donors (Lipinski definition) is 2. The smallest absolute Gasteiger partial charge is 0.431 e. The van der Waals surface area contributed by atoms with Gasteiger partial charge in [-0.2, -0.15) is 0 Å². The summed E-state index contributed by atoms with van der Waals surface area (Å²) in [6, 6.07) is 6.03. The molecule has 0 saturated heterocycles. The van der Waals surface area contributed by atoms with Crippen LogP contribution in [0.1, 0.15) is 47.9 Å². The lowest BCUT2D eigenvalue weighted by Crippen LogP contribution is -2.31. The number of amides is 2. The number of halogens is 1. The van der Waals surface area contributed by atoms with Gasteiger partial charge in [-0.3, -0.25) is 9.59 Å². The molecule has 0 fully saturated rings. The van der Waals surface area contributed by atoms with Gasteiger partial charge in [0.1, 0.15) is 4.90 Å². The molecule has 35 heavy (non-hydrogen) atoms. The number of benzene rings is 1. The lowest BCUT2D eigenvalue weighted by atomic mass is 10.2. The van der Waals surface area contributed by atoms with Crippen molar-refractivity contribution >= 4 is 39.6 Å². The van der Waals surface area contributed by atoms with Crippen LogP contribution in [0.3, 0.4) is 0 Å². The van der Waals surface area contributed by atoms with E-state index in [-0.39, 0.29) is 26.9 Å². The van der Waals surface area contributed by atoms with Crippen LogP contribution in [0.2, 0.25) is 5.02 Å². The molecule has 0 aliphatic carbocycles. The molecule has 0 aliphatic rings. The van der Waals surface area contributed by atoms with Crippen LogP contribution < -0.4 is 14.8 Å². The molecule has 0 unspecified atom stereocenters. The number of nitrogens with one attached hydrogen (secondary N) is 2. The van der Waals surface area contributed by atoms with Gasteiger partial charge in [0, 0.05) is 37.6 Å². The number of pyridine rings is 1. The van der Waals surface area contributed by atoms with Crippen molar-refractivity contribution < 1.29 is 37.0 Å². The summed E-state index contributed by atoms with van der Waals surface area (Å²) in [5.41, 5.74) is 0.0461. The number of hydrogen-bond acceptors (Lipinski definition) is 9. The summed E-state index contributed by atoms with van der Waals surface area (Å²) in [6.45, 7) is 6.62. The molecule has 0 saturated carbocycles. The first-order chi connectivity index (χ1) is 16.5. The predicted octanol–water partition coefficient (Wildman–Crippen LogP) is 2.93. The van der Waals surface area contributed by atoms with Gasteiger partial charge in [0.25, 0.3) is 21.8 Å². The fourth-order valence-corrected chi connectivity index (χ4v) is 4.12. The van der Waals surface area contributed by atoms with E-state index in [1.54, 1.807) is 13.8 Å². The van der Waals surface area contributed by atoms with E-state index in [0.717, 1.165) is 12.3 Å². The van der Waals surface area contributed by atoms with Crippen LogP contribution >= 0.6 is 11.6 Å². The quantitative estimate of drug-likeness (QED) is 0.332. The van der Waals surface area contributed by atoms with Crippen LogP contribution in [0.4, 0.5) is 4.79 Å². The van der Waals surface area contributed by atoms with Crippen LogP contribution in [0.15, 0.2) is 41.4 Å². The monoisotopic (exact) mass is 527 g/mol. The molecule has 190 valence electrons. The number of carbonyl (C=O) groups excluding carboxylic acids is 3. The Hall–Kier alpha value is -3.22. The largest absolute Gasteiger partial charge is 0.515 e. The van der Waals surface area contributed by atoms with E-state index in [1.807, 2.05) is 11.6 Å². The summed E-state index contributed by atoms with van der Waals surface area (Å²) in [6.07, 6.45) is 0.294. The highest BCUT2D eigenvalue weighted by Gasteiger charge is 2.23. The fourth-order valence-electron chi connectivity index (χ4n) is 2.60. The topological polar surface area (TPSA) is 150 Å². The van der Waals surface area contributed by atoms with Gasteiger partial charge in [-0.15, -0.1) is 0 Å². The van der Waals surface area contributed by atoms with Gasteiger partial charge in [-0.05, 0) is 51.5 Å². The minimum atomic E-state index is -4.36. The Morgan fingerprint density at radius 1 is 1.09 bits per heavy atom. The average Bonchev–Trinajstić information content (AvgIpc) is 2.78. The first-order valence-corrected chi connectivity index (χ1v) is 12.5. The SMILES string of the molecule is CCOCCCNC(=O)c1ccc(S(=O)(=O)NC(=O)c2ccc(OC(=O)OC(C)C)nc2)c(Cl)c1. The minimum absolute atomic E-state index is 0.114. The Bertz CT molecular complexity index is 1150. The number of aromatic nitrogens is 1. The van der Waals surface area contributed by atoms with E-state index in [9.17, 15) is 22.8 Å². The summed E-state index contributed by atoms with van der Waals surface area (Å²) in [5.74, 6) is -1.55. The second kappa shape index (κ2) is 13.0. The van der Waals surface area contributed by atoms with Crippen LogP contribution in [-0.4, -0.2) is 57.2 Å². The zero-order valence-corrected chi connectivity index (χ0v) is 20.9. The molecule has 0 aliphatic heterocycles. The van der Waals surface area contributed by atoms with E-state index in [0.29, 0.717) is 26.2 Å². The maximum atomic E-state index is 12.7. The first-order valence-electron chi connectivity index (χ1n) is 10.6. The van der Waals surface area contributed by atoms with Gasteiger partial charge in [0.15, 0.2) is 0 Å². The molecule has 1 heterocycles. The second-order valence-corrected chi connectivity index (χ2v) is 9.35. The molecule has 0 atom stereocenters. The fraction of sp³-hybridized carbons (Fsp3) is 0.364. The Morgan fingerprint density at radius 2 is 1.80 bits per heavy atom. The number of rotatable bonds is 11. The lowest BCUT2D eigenvalue weighted by molar-refractivity contribution is 0.0715. The molecule has 0 radical (unpaired) electrons. The second-order valence-electron chi connectivity index (χ2n) is 7.29. The summed E-state index contributed by atoms with van der Waals surface area (Å²) in [7, 11) is -4.36. The molecule has 11 nitrogen and oxygen atoms in total.